The first-order valence-electron chi connectivity index (χ1n) is 6.91. The van der Waals surface area contributed by atoms with Crippen LogP contribution in [0.25, 0.3) is 0 Å². The van der Waals surface area contributed by atoms with E-state index in [4.69, 9.17) is 10.3 Å². The third kappa shape index (κ3) is 3.26. The van der Waals surface area contributed by atoms with Crippen LogP contribution in [0.5, 0.6) is 0 Å². The fourth-order valence-corrected chi connectivity index (χ4v) is 2.84. The molecule has 2 heterocycles. The van der Waals surface area contributed by atoms with Gasteiger partial charge in [0.05, 0.1) is 12.1 Å². The Labute approximate surface area is 122 Å². The Morgan fingerprint density at radius 1 is 1.45 bits per heavy atom. The molecular formula is C14H20N4OS. The maximum absolute atomic E-state index is 5.99. The van der Waals surface area contributed by atoms with Crippen molar-refractivity contribution in [1.82, 2.24) is 15.0 Å². The summed E-state index contributed by atoms with van der Waals surface area (Å²) in [6, 6.07) is 4.91. The number of aromatic nitrogens is 2. The molecule has 2 aromatic heterocycles. The minimum atomic E-state index is -0.556. The molecule has 0 aliphatic heterocycles. The van der Waals surface area contributed by atoms with Crippen molar-refractivity contribution >= 4 is 11.3 Å². The molecule has 108 valence electrons. The summed E-state index contributed by atoms with van der Waals surface area (Å²) in [6.45, 7) is 5.41. The van der Waals surface area contributed by atoms with Crippen LogP contribution in [-0.2, 0) is 18.6 Å². The second-order valence-corrected chi connectivity index (χ2v) is 6.98. The van der Waals surface area contributed by atoms with Crippen LogP contribution in [0, 0.1) is 0 Å². The molecule has 2 aromatic rings. The molecule has 0 aromatic carbocycles. The molecule has 0 atom stereocenters. The molecule has 6 heteroatoms. The van der Waals surface area contributed by atoms with Crippen LogP contribution >= 0.6 is 11.3 Å². The lowest BCUT2D eigenvalue weighted by atomic mass is 10.1. The fraction of sp³-hybridized carbons (Fsp3) is 0.571. The molecule has 2 N–H and O–H groups in total. The molecule has 0 bridgehead atoms. The number of nitrogens with zero attached hydrogens (tertiary/aromatic N) is 3. The SMILES string of the molecule is CC(C)(N)c1noc(CN(Cc2cccs2)C2CC2)n1. The highest BCUT2D eigenvalue weighted by Gasteiger charge is 2.31. The quantitative estimate of drug-likeness (QED) is 0.886. The van der Waals surface area contributed by atoms with E-state index in [-0.39, 0.29) is 0 Å². The predicted molar refractivity (Wildman–Crippen MR) is 78.1 cm³/mol. The number of thiophene rings is 1. The normalized spacial score (nSPS) is 16.0. The first-order chi connectivity index (χ1) is 9.52. The standard InChI is InChI=1S/C14H20N4OS/c1-14(2,15)13-16-12(19-17-13)9-18(10-5-6-10)8-11-4-3-7-20-11/h3-4,7,10H,5-6,8-9,15H2,1-2H3. The van der Waals surface area contributed by atoms with E-state index in [1.165, 1.54) is 17.7 Å². The molecule has 20 heavy (non-hydrogen) atoms. The van der Waals surface area contributed by atoms with Crippen LogP contribution in [0.15, 0.2) is 22.0 Å². The maximum Gasteiger partial charge on any atom is 0.240 e. The van der Waals surface area contributed by atoms with Crippen LogP contribution in [0.3, 0.4) is 0 Å². The minimum absolute atomic E-state index is 0.556. The van der Waals surface area contributed by atoms with E-state index >= 15 is 0 Å². The van der Waals surface area contributed by atoms with Gasteiger partial charge in [0.2, 0.25) is 5.89 Å². The Morgan fingerprint density at radius 2 is 2.25 bits per heavy atom. The lowest BCUT2D eigenvalue weighted by Gasteiger charge is -2.18. The van der Waals surface area contributed by atoms with Crippen molar-refractivity contribution in [3.63, 3.8) is 0 Å². The van der Waals surface area contributed by atoms with Crippen molar-refractivity contribution < 1.29 is 4.52 Å². The van der Waals surface area contributed by atoms with E-state index in [1.807, 2.05) is 13.8 Å². The topological polar surface area (TPSA) is 68.2 Å². The Kier molecular flexibility index (Phi) is 3.62. The average Bonchev–Trinajstić information content (AvgIpc) is 2.88. The van der Waals surface area contributed by atoms with Crippen molar-refractivity contribution in [2.45, 2.75) is 51.4 Å². The Morgan fingerprint density at radius 3 is 2.80 bits per heavy atom. The molecular weight excluding hydrogens is 272 g/mol. The van der Waals surface area contributed by atoms with Crippen LogP contribution in [0.1, 0.15) is 43.3 Å². The highest BCUT2D eigenvalue weighted by Crippen LogP contribution is 2.30. The highest BCUT2D eigenvalue weighted by molar-refractivity contribution is 7.09. The maximum atomic E-state index is 5.99. The average molecular weight is 292 g/mol. The lowest BCUT2D eigenvalue weighted by molar-refractivity contribution is 0.211. The summed E-state index contributed by atoms with van der Waals surface area (Å²) in [5, 5.41) is 6.10. The molecule has 1 saturated carbocycles. The molecule has 1 fully saturated rings. The van der Waals surface area contributed by atoms with E-state index in [9.17, 15) is 0 Å². The van der Waals surface area contributed by atoms with E-state index in [2.05, 4.69) is 32.6 Å². The van der Waals surface area contributed by atoms with Crippen LogP contribution in [-0.4, -0.2) is 21.1 Å². The summed E-state index contributed by atoms with van der Waals surface area (Å²) in [7, 11) is 0. The molecule has 3 rings (SSSR count). The second-order valence-electron chi connectivity index (χ2n) is 5.95. The largest absolute Gasteiger partial charge is 0.338 e. The monoisotopic (exact) mass is 292 g/mol. The summed E-state index contributed by atoms with van der Waals surface area (Å²) in [5.41, 5.74) is 5.43. The summed E-state index contributed by atoms with van der Waals surface area (Å²) >= 11 is 1.79. The van der Waals surface area contributed by atoms with E-state index in [1.54, 1.807) is 11.3 Å². The van der Waals surface area contributed by atoms with E-state index < -0.39 is 5.54 Å². The molecule has 0 spiro atoms. The van der Waals surface area contributed by atoms with Gasteiger partial charge in [-0.3, -0.25) is 4.90 Å². The Hall–Kier alpha value is -1.24. The predicted octanol–water partition coefficient (Wildman–Crippen LogP) is 2.49. The number of nitrogens with two attached hydrogens (primary N) is 1. The van der Waals surface area contributed by atoms with Gasteiger partial charge in [0, 0.05) is 17.5 Å². The van der Waals surface area contributed by atoms with Crippen molar-refractivity contribution in [1.29, 1.82) is 0 Å². The Bertz CT molecular complexity index is 554. The third-order valence-electron chi connectivity index (χ3n) is 3.39. The Balaban J connectivity index is 1.69. The second kappa shape index (κ2) is 5.27. The van der Waals surface area contributed by atoms with Gasteiger partial charge >= 0.3 is 0 Å². The van der Waals surface area contributed by atoms with Gasteiger partial charge in [-0.05, 0) is 38.1 Å². The van der Waals surface area contributed by atoms with Crippen molar-refractivity contribution in [2.75, 3.05) is 0 Å². The van der Waals surface area contributed by atoms with Crippen LogP contribution < -0.4 is 5.73 Å². The van der Waals surface area contributed by atoms with Gasteiger partial charge in [-0.25, -0.2) is 0 Å². The molecule has 0 amide bonds. The van der Waals surface area contributed by atoms with E-state index in [0.29, 0.717) is 24.3 Å². The van der Waals surface area contributed by atoms with Gasteiger partial charge in [0.25, 0.3) is 0 Å². The number of hydrogen-bond acceptors (Lipinski definition) is 6. The van der Waals surface area contributed by atoms with Crippen molar-refractivity contribution in [3.05, 3.63) is 34.1 Å². The molecule has 5 nitrogen and oxygen atoms in total. The summed E-state index contributed by atoms with van der Waals surface area (Å²) in [4.78, 5) is 8.20. The fourth-order valence-electron chi connectivity index (χ4n) is 2.11. The van der Waals surface area contributed by atoms with Crippen LogP contribution in [0.2, 0.25) is 0 Å². The van der Waals surface area contributed by atoms with Crippen LogP contribution in [0.4, 0.5) is 0 Å². The molecule has 1 aliphatic rings. The van der Waals surface area contributed by atoms with Gasteiger partial charge in [-0.15, -0.1) is 11.3 Å². The first kappa shape index (κ1) is 13.7. The molecule has 0 unspecified atom stereocenters. The molecule has 1 aliphatic carbocycles. The zero-order valence-electron chi connectivity index (χ0n) is 11.9. The van der Waals surface area contributed by atoms with Gasteiger partial charge in [-0.1, -0.05) is 11.2 Å². The zero-order chi connectivity index (χ0) is 14.2. The third-order valence-corrected chi connectivity index (χ3v) is 4.25. The lowest BCUT2D eigenvalue weighted by Crippen LogP contribution is -2.30. The molecule has 0 radical (unpaired) electrons. The van der Waals surface area contributed by atoms with Crippen molar-refractivity contribution in [3.8, 4) is 0 Å². The first-order valence-corrected chi connectivity index (χ1v) is 7.79. The van der Waals surface area contributed by atoms with Gasteiger partial charge in [0.15, 0.2) is 5.82 Å². The van der Waals surface area contributed by atoms with Crippen molar-refractivity contribution in [2.24, 2.45) is 5.73 Å². The van der Waals surface area contributed by atoms with Gasteiger partial charge in [-0.2, -0.15) is 4.98 Å². The number of rotatable bonds is 6. The summed E-state index contributed by atoms with van der Waals surface area (Å²) in [5.74, 6) is 1.22. The summed E-state index contributed by atoms with van der Waals surface area (Å²) in [6.07, 6.45) is 2.52. The van der Waals surface area contributed by atoms with Gasteiger partial charge < -0.3 is 10.3 Å². The smallest absolute Gasteiger partial charge is 0.240 e. The number of hydrogen-bond donors (Lipinski definition) is 1. The zero-order valence-corrected chi connectivity index (χ0v) is 12.7. The summed E-state index contributed by atoms with van der Waals surface area (Å²) < 4.78 is 5.34. The van der Waals surface area contributed by atoms with E-state index in [0.717, 1.165) is 6.54 Å². The minimum Gasteiger partial charge on any atom is -0.338 e. The molecule has 0 saturated heterocycles. The highest BCUT2D eigenvalue weighted by atomic mass is 32.1. The van der Waals surface area contributed by atoms with Gasteiger partial charge in [0.1, 0.15) is 0 Å².